The number of hydrogen-bond acceptors (Lipinski definition) is 3. The first-order chi connectivity index (χ1) is 4.33. The topological polar surface area (TPSA) is 45.7 Å². The molecule has 0 atom stereocenters. The summed E-state index contributed by atoms with van der Waals surface area (Å²) in [5.41, 5.74) is 0.726. The largest absolute Gasteiger partial charge is 0.457 e. The maximum atomic E-state index is 8.04. The summed E-state index contributed by atoms with van der Waals surface area (Å²) in [5.74, 6) is 0. The molecule has 0 aliphatic heterocycles. The van der Waals surface area contributed by atoms with Crippen LogP contribution in [0.3, 0.4) is 0 Å². The standard InChI is InChI=1S/C5H4BrNO2/c6-5-1-4(2-7-8)3-9-5/h1-3,8H/b7-2+. The average molecular weight is 190 g/mol. The van der Waals surface area contributed by atoms with Gasteiger partial charge in [0.1, 0.15) is 6.26 Å². The van der Waals surface area contributed by atoms with E-state index in [1.54, 1.807) is 6.07 Å². The molecular weight excluding hydrogens is 186 g/mol. The van der Waals surface area contributed by atoms with E-state index in [0.29, 0.717) is 4.67 Å². The van der Waals surface area contributed by atoms with Crippen molar-refractivity contribution in [2.24, 2.45) is 5.16 Å². The Kier molecular flexibility index (Phi) is 1.89. The summed E-state index contributed by atoms with van der Waals surface area (Å²) >= 11 is 3.09. The van der Waals surface area contributed by atoms with Gasteiger partial charge in [-0.3, -0.25) is 0 Å². The van der Waals surface area contributed by atoms with Crippen LogP contribution < -0.4 is 0 Å². The Labute approximate surface area is 60.1 Å². The van der Waals surface area contributed by atoms with Gasteiger partial charge in [0.05, 0.1) is 6.21 Å². The second-order valence-electron chi connectivity index (χ2n) is 1.43. The smallest absolute Gasteiger partial charge is 0.169 e. The zero-order valence-corrected chi connectivity index (χ0v) is 6.00. The molecule has 4 heteroatoms. The van der Waals surface area contributed by atoms with E-state index in [1.165, 1.54) is 12.5 Å². The fraction of sp³-hybridized carbons (Fsp3) is 0. The molecule has 0 radical (unpaired) electrons. The van der Waals surface area contributed by atoms with E-state index in [1.807, 2.05) is 0 Å². The maximum absolute atomic E-state index is 8.04. The van der Waals surface area contributed by atoms with Crippen LogP contribution in [0.1, 0.15) is 5.56 Å². The first-order valence-electron chi connectivity index (χ1n) is 2.24. The molecule has 48 valence electrons. The molecular formula is C5H4BrNO2. The van der Waals surface area contributed by atoms with Crippen molar-refractivity contribution in [3.63, 3.8) is 0 Å². The highest BCUT2D eigenvalue weighted by Crippen LogP contribution is 2.11. The van der Waals surface area contributed by atoms with Crippen molar-refractivity contribution in [2.45, 2.75) is 0 Å². The first-order valence-corrected chi connectivity index (χ1v) is 3.03. The molecule has 0 aromatic carbocycles. The third-order valence-corrected chi connectivity index (χ3v) is 1.21. The van der Waals surface area contributed by atoms with Gasteiger partial charge in [-0.15, -0.1) is 0 Å². The molecule has 0 saturated heterocycles. The third kappa shape index (κ3) is 1.57. The molecule has 1 aromatic heterocycles. The quantitative estimate of drug-likeness (QED) is 0.417. The number of rotatable bonds is 1. The zero-order chi connectivity index (χ0) is 6.69. The van der Waals surface area contributed by atoms with Crippen LogP contribution in [-0.4, -0.2) is 11.4 Å². The minimum Gasteiger partial charge on any atom is -0.457 e. The van der Waals surface area contributed by atoms with Crippen LogP contribution in [0.2, 0.25) is 0 Å². The molecule has 1 heterocycles. The minimum absolute atomic E-state index is 0.623. The van der Waals surface area contributed by atoms with E-state index in [4.69, 9.17) is 9.62 Å². The third-order valence-electron chi connectivity index (χ3n) is 0.795. The Morgan fingerprint density at radius 3 is 3.00 bits per heavy atom. The number of nitrogens with zero attached hydrogens (tertiary/aromatic N) is 1. The lowest BCUT2D eigenvalue weighted by Crippen LogP contribution is -1.70. The van der Waals surface area contributed by atoms with Gasteiger partial charge >= 0.3 is 0 Å². The Balaban J connectivity index is 2.85. The van der Waals surface area contributed by atoms with Crippen LogP contribution >= 0.6 is 15.9 Å². The molecule has 9 heavy (non-hydrogen) atoms. The lowest BCUT2D eigenvalue weighted by molar-refractivity contribution is 0.322. The number of hydrogen-bond donors (Lipinski definition) is 1. The first kappa shape index (κ1) is 6.35. The minimum atomic E-state index is 0.623. The molecule has 0 fully saturated rings. The van der Waals surface area contributed by atoms with Crippen molar-refractivity contribution in [1.29, 1.82) is 0 Å². The van der Waals surface area contributed by atoms with Crippen LogP contribution in [0.5, 0.6) is 0 Å². The molecule has 1 aromatic rings. The molecule has 0 aliphatic rings. The number of halogens is 1. The van der Waals surface area contributed by atoms with Crippen LogP contribution in [0.25, 0.3) is 0 Å². The fourth-order valence-corrected chi connectivity index (χ4v) is 0.816. The molecule has 0 amide bonds. The highest BCUT2D eigenvalue weighted by molar-refractivity contribution is 9.10. The van der Waals surface area contributed by atoms with Crippen molar-refractivity contribution in [2.75, 3.05) is 0 Å². The van der Waals surface area contributed by atoms with Gasteiger partial charge in [-0.05, 0) is 15.9 Å². The lowest BCUT2D eigenvalue weighted by Gasteiger charge is -1.72. The Bertz CT molecular complexity index is 218. The highest BCUT2D eigenvalue weighted by Gasteiger charge is 1.92. The van der Waals surface area contributed by atoms with Gasteiger partial charge in [0.15, 0.2) is 4.67 Å². The van der Waals surface area contributed by atoms with Gasteiger partial charge in [0, 0.05) is 11.6 Å². The summed E-state index contributed by atoms with van der Waals surface area (Å²) < 4.78 is 5.45. The Hall–Kier alpha value is -0.770. The normalized spacial score (nSPS) is 10.8. The summed E-state index contributed by atoms with van der Waals surface area (Å²) in [6, 6.07) is 1.69. The van der Waals surface area contributed by atoms with Gasteiger partial charge < -0.3 is 9.62 Å². The van der Waals surface area contributed by atoms with Crippen LogP contribution in [0.15, 0.2) is 26.6 Å². The Morgan fingerprint density at radius 2 is 2.56 bits per heavy atom. The second-order valence-corrected chi connectivity index (χ2v) is 2.21. The molecule has 0 bridgehead atoms. The van der Waals surface area contributed by atoms with E-state index >= 15 is 0 Å². The summed E-state index contributed by atoms with van der Waals surface area (Å²) in [7, 11) is 0. The van der Waals surface area contributed by atoms with E-state index in [2.05, 4.69) is 21.1 Å². The van der Waals surface area contributed by atoms with Gasteiger partial charge in [0.25, 0.3) is 0 Å². The predicted octanol–water partition coefficient (Wildman–Crippen LogP) is 1.85. The van der Waals surface area contributed by atoms with Gasteiger partial charge in [-0.1, -0.05) is 5.16 Å². The Morgan fingerprint density at radius 1 is 1.78 bits per heavy atom. The van der Waals surface area contributed by atoms with E-state index in [9.17, 15) is 0 Å². The monoisotopic (exact) mass is 189 g/mol. The fourth-order valence-electron chi connectivity index (χ4n) is 0.458. The van der Waals surface area contributed by atoms with Crippen molar-refractivity contribution < 1.29 is 9.62 Å². The number of furan rings is 1. The maximum Gasteiger partial charge on any atom is 0.169 e. The molecule has 0 saturated carbocycles. The van der Waals surface area contributed by atoms with Crippen LogP contribution in [-0.2, 0) is 0 Å². The van der Waals surface area contributed by atoms with Crippen LogP contribution in [0, 0.1) is 0 Å². The average Bonchev–Trinajstić information content (AvgIpc) is 2.17. The molecule has 0 aliphatic carbocycles. The molecule has 0 spiro atoms. The molecule has 3 nitrogen and oxygen atoms in total. The van der Waals surface area contributed by atoms with Crippen molar-refractivity contribution in [3.8, 4) is 0 Å². The highest BCUT2D eigenvalue weighted by atomic mass is 79.9. The van der Waals surface area contributed by atoms with Crippen molar-refractivity contribution >= 4 is 22.1 Å². The van der Waals surface area contributed by atoms with E-state index in [-0.39, 0.29) is 0 Å². The summed E-state index contributed by atoms with van der Waals surface area (Å²) in [5, 5.41) is 10.9. The SMILES string of the molecule is O/N=C/c1coc(Br)c1. The van der Waals surface area contributed by atoms with Gasteiger partial charge in [-0.25, -0.2) is 0 Å². The van der Waals surface area contributed by atoms with Crippen molar-refractivity contribution in [3.05, 3.63) is 22.6 Å². The van der Waals surface area contributed by atoms with E-state index in [0.717, 1.165) is 5.56 Å². The van der Waals surface area contributed by atoms with E-state index < -0.39 is 0 Å². The zero-order valence-electron chi connectivity index (χ0n) is 4.41. The predicted molar refractivity (Wildman–Crippen MR) is 35.8 cm³/mol. The van der Waals surface area contributed by atoms with Gasteiger partial charge in [0.2, 0.25) is 0 Å². The number of oxime groups is 1. The summed E-state index contributed by atoms with van der Waals surface area (Å²) in [6.07, 6.45) is 2.76. The van der Waals surface area contributed by atoms with Gasteiger partial charge in [-0.2, -0.15) is 0 Å². The molecule has 1 rings (SSSR count). The molecule has 1 N–H and O–H groups in total. The molecule has 0 unspecified atom stereocenters. The van der Waals surface area contributed by atoms with Crippen molar-refractivity contribution in [1.82, 2.24) is 0 Å². The summed E-state index contributed by atoms with van der Waals surface area (Å²) in [4.78, 5) is 0. The van der Waals surface area contributed by atoms with Crippen LogP contribution in [0.4, 0.5) is 0 Å². The second kappa shape index (κ2) is 2.68. The summed E-state index contributed by atoms with van der Waals surface area (Å²) in [6.45, 7) is 0. The lowest BCUT2D eigenvalue weighted by atomic mass is 10.4.